The van der Waals surface area contributed by atoms with E-state index in [0.29, 0.717) is 5.69 Å². The summed E-state index contributed by atoms with van der Waals surface area (Å²) < 4.78 is 0. The first-order valence-electron chi connectivity index (χ1n) is 7.76. The van der Waals surface area contributed by atoms with Gasteiger partial charge in [-0.25, -0.2) is 4.79 Å². The summed E-state index contributed by atoms with van der Waals surface area (Å²) in [6.45, 7) is 1.81. The number of nitriles is 2. The van der Waals surface area contributed by atoms with Crippen molar-refractivity contribution in [1.29, 1.82) is 10.5 Å². The van der Waals surface area contributed by atoms with Crippen molar-refractivity contribution in [3.63, 3.8) is 0 Å². The molecule has 0 saturated carbocycles. The average Bonchev–Trinajstić information content (AvgIpc) is 2.68. The molecule has 2 rings (SSSR count). The Labute approximate surface area is 155 Å². The zero-order valence-electron chi connectivity index (χ0n) is 14.3. The highest BCUT2D eigenvalue weighted by Crippen LogP contribution is 2.31. The van der Waals surface area contributed by atoms with Gasteiger partial charge >= 0.3 is 6.09 Å². The van der Waals surface area contributed by atoms with Crippen LogP contribution in [0.5, 0.6) is 0 Å². The maximum atomic E-state index is 11.5. The second-order valence-electron chi connectivity index (χ2n) is 5.62. The van der Waals surface area contributed by atoms with E-state index in [-0.39, 0.29) is 0 Å². The number of carbonyl (C=O) groups excluding carboxylic acids is 1. The molecule has 3 N–H and O–H groups in total. The van der Waals surface area contributed by atoms with Gasteiger partial charge < -0.3 is 5.11 Å². The molecule has 0 aliphatic heterocycles. The van der Waals surface area contributed by atoms with Gasteiger partial charge in [0, 0.05) is 0 Å². The van der Waals surface area contributed by atoms with Gasteiger partial charge in [0.2, 0.25) is 5.71 Å². The van der Waals surface area contributed by atoms with Gasteiger partial charge in [-0.1, -0.05) is 42.5 Å². The normalized spacial score (nSPS) is 12.8. The predicted octanol–water partition coefficient (Wildman–Crippen LogP) is 2.60. The maximum absolute atomic E-state index is 11.5. The van der Waals surface area contributed by atoms with Gasteiger partial charge in [-0.3, -0.25) is 15.5 Å². The first-order valence-corrected chi connectivity index (χ1v) is 7.76. The zero-order valence-corrected chi connectivity index (χ0v) is 14.3. The molecule has 2 aromatic rings. The van der Waals surface area contributed by atoms with Crippen LogP contribution < -0.4 is 10.7 Å². The number of hydrogen-bond acceptors (Lipinski definition) is 6. The van der Waals surface area contributed by atoms with Crippen LogP contribution in [-0.2, 0) is 10.2 Å². The Kier molecular flexibility index (Phi) is 5.87. The van der Waals surface area contributed by atoms with E-state index in [0.717, 1.165) is 11.1 Å². The summed E-state index contributed by atoms with van der Waals surface area (Å²) in [5.41, 5.74) is 3.11. The third-order valence-electron chi connectivity index (χ3n) is 3.88. The fourth-order valence-electron chi connectivity index (χ4n) is 2.35. The van der Waals surface area contributed by atoms with Crippen molar-refractivity contribution in [3.8, 4) is 12.1 Å². The molecule has 8 heteroatoms. The molecular formula is C19H15N5O3. The van der Waals surface area contributed by atoms with Crippen LogP contribution >= 0.6 is 0 Å². The van der Waals surface area contributed by atoms with E-state index in [9.17, 15) is 14.9 Å². The van der Waals surface area contributed by atoms with Crippen molar-refractivity contribution < 1.29 is 14.7 Å². The van der Waals surface area contributed by atoms with Gasteiger partial charge in [-0.15, -0.1) is 0 Å². The Hall–Kier alpha value is -4.17. The number of carboxylic acid groups (broad SMARTS) is 1. The van der Waals surface area contributed by atoms with Crippen molar-refractivity contribution in [2.45, 2.75) is 12.3 Å². The number of imide groups is 1. The fraction of sp³-hybridized carbons (Fsp3) is 0.105. The minimum Gasteiger partial charge on any atom is -0.465 e. The van der Waals surface area contributed by atoms with Crippen molar-refractivity contribution in [3.05, 3.63) is 65.7 Å². The van der Waals surface area contributed by atoms with Crippen LogP contribution in [-0.4, -0.2) is 22.8 Å². The molecule has 0 radical (unpaired) electrons. The Morgan fingerprint density at radius 1 is 1.04 bits per heavy atom. The number of carbonyl (C=O) groups is 2. The lowest BCUT2D eigenvalue weighted by Crippen LogP contribution is -2.34. The van der Waals surface area contributed by atoms with Gasteiger partial charge in [0.05, 0.1) is 11.8 Å². The SMILES string of the molecule is CC(C#N)(c1ccccc1)c1ccc(N/N=C(/C#N)C(=O)NC(=O)O)cc1. The molecule has 0 spiro atoms. The zero-order chi connectivity index (χ0) is 19.9. The maximum Gasteiger partial charge on any atom is 0.411 e. The summed E-state index contributed by atoms with van der Waals surface area (Å²) in [4.78, 5) is 21.9. The lowest BCUT2D eigenvalue weighted by atomic mass is 9.77. The summed E-state index contributed by atoms with van der Waals surface area (Å²) in [6, 6.07) is 19.9. The number of anilines is 1. The topological polar surface area (TPSA) is 138 Å². The number of nitrogens with zero attached hydrogens (tertiary/aromatic N) is 3. The van der Waals surface area contributed by atoms with Gasteiger partial charge in [0.15, 0.2) is 0 Å². The Morgan fingerprint density at radius 3 is 2.15 bits per heavy atom. The minimum absolute atomic E-state index is 0.461. The van der Waals surface area contributed by atoms with Crippen molar-refractivity contribution in [2.75, 3.05) is 5.43 Å². The highest BCUT2D eigenvalue weighted by molar-refractivity contribution is 6.46. The largest absolute Gasteiger partial charge is 0.465 e. The van der Waals surface area contributed by atoms with Gasteiger partial charge in [0.1, 0.15) is 11.5 Å². The highest BCUT2D eigenvalue weighted by atomic mass is 16.4. The molecule has 27 heavy (non-hydrogen) atoms. The Bertz CT molecular complexity index is 956. The number of benzene rings is 2. The molecule has 0 aromatic heterocycles. The second-order valence-corrected chi connectivity index (χ2v) is 5.62. The number of rotatable bonds is 5. The molecule has 0 saturated heterocycles. The lowest BCUT2D eigenvalue weighted by molar-refractivity contribution is -0.114. The van der Waals surface area contributed by atoms with Gasteiger partial charge in [-0.2, -0.15) is 15.6 Å². The molecule has 0 bridgehead atoms. The Balaban J connectivity index is 2.21. The molecule has 1 unspecified atom stereocenters. The monoisotopic (exact) mass is 361 g/mol. The summed E-state index contributed by atoms with van der Waals surface area (Å²) in [6.07, 6.45) is -1.58. The van der Waals surface area contributed by atoms with Crippen molar-refractivity contribution >= 4 is 23.4 Å². The number of nitrogens with one attached hydrogen (secondary N) is 2. The minimum atomic E-state index is -1.58. The van der Waals surface area contributed by atoms with E-state index in [1.807, 2.05) is 37.3 Å². The molecule has 0 heterocycles. The van der Waals surface area contributed by atoms with Crippen molar-refractivity contribution in [1.82, 2.24) is 5.32 Å². The number of hydrazone groups is 1. The molecule has 8 nitrogen and oxygen atoms in total. The van der Waals surface area contributed by atoms with Crippen LogP contribution in [0.15, 0.2) is 59.7 Å². The van der Waals surface area contributed by atoms with Crippen LogP contribution in [0.25, 0.3) is 0 Å². The molecule has 2 amide bonds. The first kappa shape index (κ1) is 19.2. The van der Waals surface area contributed by atoms with E-state index in [1.54, 1.807) is 24.3 Å². The van der Waals surface area contributed by atoms with Crippen LogP contribution in [0.3, 0.4) is 0 Å². The third kappa shape index (κ3) is 4.47. The summed E-state index contributed by atoms with van der Waals surface area (Å²) in [5, 5.41) is 32.2. The van der Waals surface area contributed by atoms with E-state index in [4.69, 9.17) is 10.4 Å². The molecule has 1 atom stereocenters. The molecule has 2 aromatic carbocycles. The predicted molar refractivity (Wildman–Crippen MR) is 97.8 cm³/mol. The molecule has 0 aliphatic carbocycles. The van der Waals surface area contributed by atoms with Crippen LogP contribution in [0.1, 0.15) is 18.1 Å². The van der Waals surface area contributed by atoms with Gasteiger partial charge in [0.25, 0.3) is 5.91 Å². The van der Waals surface area contributed by atoms with E-state index < -0.39 is 23.1 Å². The highest BCUT2D eigenvalue weighted by Gasteiger charge is 2.28. The van der Waals surface area contributed by atoms with Gasteiger partial charge in [-0.05, 0) is 30.2 Å². The fourth-order valence-corrected chi connectivity index (χ4v) is 2.35. The molecule has 0 fully saturated rings. The summed E-state index contributed by atoms with van der Waals surface area (Å²) in [7, 11) is 0. The third-order valence-corrected chi connectivity index (χ3v) is 3.88. The summed E-state index contributed by atoms with van der Waals surface area (Å²) in [5.74, 6) is -1.13. The quantitative estimate of drug-likeness (QED) is 0.553. The molecule has 0 aliphatic rings. The van der Waals surface area contributed by atoms with E-state index in [1.165, 1.54) is 11.4 Å². The lowest BCUT2D eigenvalue weighted by Gasteiger charge is -2.23. The van der Waals surface area contributed by atoms with E-state index in [2.05, 4.69) is 16.6 Å². The Morgan fingerprint density at radius 2 is 1.63 bits per heavy atom. The van der Waals surface area contributed by atoms with Crippen LogP contribution in [0.2, 0.25) is 0 Å². The number of amides is 2. The molecule has 134 valence electrons. The second kappa shape index (κ2) is 8.28. The molecular weight excluding hydrogens is 346 g/mol. The standard InChI is InChI=1S/C19H15N5O3/c1-19(12-21,13-5-3-2-4-6-13)14-7-9-15(10-8-14)23-24-16(11-20)17(25)22-18(26)27/h2-10,23H,1H3,(H,22,25)(H,26,27)/b24-16-. The number of hydrogen-bond donors (Lipinski definition) is 3. The van der Waals surface area contributed by atoms with E-state index >= 15 is 0 Å². The smallest absolute Gasteiger partial charge is 0.411 e. The van der Waals surface area contributed by atoms with Crippen LogP contribution in [0.4, 0.5) is 10.5 Å². The average molecular weight is 361 g/mol. The first-order chi connectivity index (χ1) is 12.9. The van der Waals surface area contributed by atoms with Crippen LogP contribution in [0, 0.1) is 22.7 Å². The van der Waals surface area contributed by atoms with Crippen molar-refractivity contribution in [2.24, 2.45) is 5.10 Å². The summed E-state index contributed by atoms with van der Waals surface area (Å²) >= 11 is 0.